The average molecular weight is 246 g/mol. The van der Waals surface area contributed by atoms with Gasteiger partial charge in [-0.05, 0) is 31.7 Å². The van der Waals surface area contributed by atoms with Crippen molar-refractivity contribution in [1.29, 1.82) is 0 Å². The van der Waals surface area contributed by atoms with Crippen LogP contribution in [-0.4, -0.2) is 33.8 Å². The molecule has 0 aromatic heterocycles. The van der Waals surface area contributed by atoms with Crippen molar-refractivity contribution in [2.75, 3.05) is 25.4 Å². The summed E-state index contributed by atoms with van der Waals surface area (Å²) in [5.41, 5.74) is 0. The zero-order chi connectivity index (χ0) is 11.9. The molecule has 1 aliphatic carbocycles. The first-order valence-electron chi connectivity index (χ1n) is 5.97. The monoisotopic (exact) mass is 246 g/mol. The Morgan fingerprint density at radius 2 is 2.19 bits per heavy atom. The number of rotatable bonds is 7. The van der Waals surface area contributed by atoms with Gasteiger partial charge >= 0.3 is 0 Å². The van der Waals surface area contributed by atoms with Crippen molar-refractivity contribution in [3.05, 3.63) is 12.2 Å². The molecule has 0 bridgehead atoms. The third-order valence-corrected chi connectivity index (χ3v) is 4.12. The van der Waals surface area contributed by atoms with Gasteiger partial charge in [-0.1, -0.05) is 19.1 Å². The molecule has 5 heteroatoms. The lowest BCUT2D eigenvalue weighted by molar-refractivity contribution is 0.468. The van der Waals surface area contributed by atoms with Crippen LogP contribution in [-0.2, 0) is 10.0 Å². The van der Waals surface area contributed by atoms with Crippen LogP contribution in [0.5, 0.6) is 0 Å². The van der Waals surface area contributed by atoms with E-state index >= 15 is 0 Å². The zero-order valence-corrected chi connectivity index (χ0v) is 10.7. The zero-order valence-electron chi connectivity index (χ0n) is 9.91. The van der Waals surface area contributed by atoms with Crippen LogP contribution in [0, 0.1) is 5.92 Å². The molecular weight excluding hydrogens is 224 g/mol. The van der Waals surface area contributed by atoms with Gasteiger partial charge in [-0.3, -0.25) is 0 Å². The Bertz CT molecular complexity index is 312. The highest BCUT2D eigenvalue weighted by atomic mass is 32.2. The second-order valence-electron chi connectivity index (χ2n) is 4.17. The molecule has 0 aromatic rings. The maximum Gasteiger partial charge on any atom is 0.212 e. The summed E-state index contributed by atoms with van der Waals surface area (Å²) in [4.78, 5) is 0. The average Bonchev–Trinajstić information content (AvgIpc) is 2.28. The van der Waals surface area contributed by atoms with Crippen LogP contribution >= 0.6 is 0 Å². The fourth-order valence-corrected chi connectivity index (χ4v) is 2.79. The first-order chi connectivity index (χ1) is 7.64. The topological polar surface area (TPSA) is 58.2 Å². The third-order valence-electron chi connectivity index (χ3n) is 2.77. The smallest absolute Gasteiger partial charge is 0.212 e. The van der Waals surface area contributed by atoms with E-state index in [2.05, 4.69) is 22.2 Å². The summed E-state index contributed by atoms with van der Waals surface area (Å²) in [6.45, 7) is 3.88. The number of nitrogens with one attached hydrogen (secondary N) is 2. The Morgan fingerprint density at radius 1 is 1.38 bits per heavy atom. The van der Waals surface area contributed by atoms with Gasteiger partial charge in [-0.25, -0.2) is 13.1 Å². The minimum absolute atomic E-state index is 0.170. The fourth-order valence-electron chi connectivity index (χ4n) is 1.74. The van der Waals surface area contributed by atoms with Gasteiger partial charge in [0.2, 0.25) is 10.0 Å². The molecular formula is C11H22N2O2S. The lowest BCUT2D eigenvalue weighted by Crippen LogP contribution is -2.35. The summed E-state index contributed by atoms with van der Waals surface area (Å²) in [7, 11) is -3.09. The number of hydrogen-bond acceptors (Lipinski definition) is 3. The Hall–Kier alpha value is -0.390. The normalized spacial score (nSPS) is 21.2. The van der Waals surface area contributed by atoms with E-state index in [1.165, 1.54) is 0 Å². The van der Waals surface area contributed by atoms with Crippen LogP contribution in [0.3, 0.4) is 0 Å². The largest absolute Gasteiger partial charge is 0.316 e. The van der Waals surface area contributed by atoms with Crippen molar-refractivity contribution in [3.63, 3.8) is 0 Å². The summed E-state index contributed by atoms with van der Waals surface area (Å²) in [5, 5.41) is 3.01. The van der Waals surface area contributed by atoms with Crippen molar-refractivity contribution in [2.45, 2.75) is 26.2 Å². The second-order valence-corrected chi connectivity index (χ2v) is 6.10. The van der Waals surface area contributed by atoms with Crippen LogP contribution in [0.4, 0.5) is 0 Å². The highest BCUT2D eigenvalue weighted by Crippen LogP contribution is 2.17. The maximum atomic E-state index is 11.6. The van der Waals surface area contributed by atoms with Gasteiger partial charge in [-0.15, -0.1) is 0 Å². The van der Waals surface area contributed by atoms with Crippen molar-refractivity contribution in [2.24, 2.45) is 5.92 Å². The molecule has 1 rings (SSSR count). The molecule has 0 aromatic carbocycles. The summed E-state index contributed by atoms with van der Waals surface area (Å²) in [6.07, 6.45) is 7.46. The highest BCUT2D eigenvalue weighted by Gasteiger charge is 2.14. The van der Waals surface area contributed by atoms with Crippen LogP contribution in [0.15, 0.2) is 12.2 Å². The molecule has 2 N–H and O–H groups in total. The molecule has 0 saturated carbocycles. The lowest BCUT2D eigenvalue weighted by Gasteiger charge is -2.18. The van der Waals surface area contributed by atoms with Crippen molar-refractivity contribution >= 4 is 10.0 Å². The molecule has 0 aliphatic heterocycles. The van der Waals surface area contributed by atoms with E-state index in [0.29, 0.717) is 19.0 Å². The molecule has 0 amide bonds. The number of allylic oxidation sites excluding steroid dienone is 2. The molecule has 0 spiro atoms. The first kappa shape index (κ1) is 13.7. The predicted octanol–water partition coefficient (Wildman–Crippen LogP) is 0.872. The van der Waals surface area contributed by atoms with Gasteiger partial charge in [0.05, 0.1) is 5.75 Å². The van der Waals surface area contributed by atoms with Crippen LogP contribution in [0.1, 0.15) is 26.2 Å². The summed E-state index contributed by atoms with van der Waals surface area (Å²) < 4.78 is 25.8. The van der Waals surface area contributed by atoms with E-state index in [1.807, 2.05) is 6.92 Å². The predicted molar refractivity (Wildman–Crippen MR) is 66.8 cm³/mol. The summed E-state index contributed by atoms with van der Waals surface area (Å²) in [6, 6.07) is 0. The fraction of sp³-hybridized carbons (Fsp3) is 0.818. The molecule has 1 aliphatic rings. The van der Waals surface area contributed by atoms with Gasteiger partial charge in [0.25, 0.3) is 0 Å². The summed E-state index contributed by atoms with van der Waals surface area (Å²) >= 11 is 0. The molecule has 0 fully saturated rings. The van der Waals surface area contributed by atoms with Crippen molar-refractivity contribution < 1.29 is 8.42 Å². The Morgan fingerprint density at radius 3 is 2.81 bits per heavy atom. The van der Waals surface area contributed by atoms with E-state index in [0.717, 1.165) is 25.8 Å². The van der Waals surface area contributed by atoms with E-state index in [-0.39, 0.29) is 5.75 Å². The Kier molecular flexibility index (Phi) is 6.01. The Labute approximate surface area is 98.6 Å². The quantitative estimate of drug-likeness (QED) is 0.518. The van der Waals surface area contributed by atoms with Gasteiger partial charge in [-0.2, -0.15) is 0 Å². The van der Waals surface area contributed by atoms with Gasteiger partial charge in [0, 0.05) is 13.1 Å². The van der Waals surface area contributed by atoms with Crippen molar-refractivity contribution in [1.82, 2.24) is 10.0 Å². The van der Waals surface area contributed by atoms with E-state index in [4.69, 9.17) is 0 Å². The SMILES string of the molecule is CCNCCS(=O)(=O)NCC1CC=CCC1. The van der Waals surface area contributed by atoms with Crippen LogP contribution in [0.2, 0.25) is 0 Å². The molecule has 16 heavy (non-hydrogen) atoms. The van der Waals surface area contributed by atoms with Gasteiger partial charge < -0.3 is 5.32 Å². The van der Waals surface area contributed by atoms with Crippen LogP contribution in [0.25, 0.3) is 0 Å². The van der Waals surface area contributed by atoms with E-state index in [9.17, 15) is 8.42 Å². The van der Waals surface area contributed by atoms with Gasteiger partial charge in [0.15, 0.2) is 0 Å². The maximum absolute atomic E-state index is 11.6. The standard InChI is InChI=1S/C11H22N2O2S/c1-2-12-8-9-16(14,15)13-10-11-6-4-3-5-7-11/h3-4,11-13H,2,5-10H2,1H3. The summed E-state index contributed by atoms with van der Waals surface area (Å²) in [5.74, 6) is 0.641. The molecule has 4 nitrogen and oxygen atoms in total. The highest BCUT2D eigenvalue weighted by molar-refractivity contribution is 7.89. The molecule has 1 atom stereocenters. The molecule has 0 radical (unpaired) electrons. The molecule has 0 saturated heterocycles. The minimum atomic E-state index is -3.09. The molecule has 94 valence electrons. The lowest BCUT2D eigenvalue weighted by atomic mass is 9.95. The van der Waals surface area contributed by atoms with E-state index < -0.39 is 10.0 Å². The Balaban J connectivity index is 2.22. The number of sulfonamides is 1. The first-order valence-corrected chi connectivity index (χ1v) is 7.62. The third kappa shape index (κ3) is 5.63. The molecule has 1 unspecified atom stereocenters. The van der Waals surface area contributed by atoms with Gasteiger partial charge in [0.1, 0.15) is 0 Å². The molecule has 0 heterocycles. The van der Waals surface area contributed by atoms with Crippen LogP contribution < -0.4 is 10.0 Å². The number of hydrogen-bond donors (Lipinski definition) is 2. The van der Waals surface area contributed by atoms with Crippen molar-refractivity contribution in [3.8, 4) is 0 Å². The van der Waals surface area contributed by atoms with E-state index in [1.54, 1.807) is 0 Å². The second kappa shape index (κ2) is 7.04. The minimum Gasteiger partial charge on any atom is -0.316 e.